The molecular formula is C24H26F2N6O2. The van der Waals surface area contributed by atoms with Crippen LogP contribution in [-0.4, -0.2) is 61.4 Å². The number of likely N-dealkylation sites (tertiary alicyclic amines) is 1. The molecule has 1 saturated heterocycles. The lowest BCUT2D eigenvalue weighted by molar-refractivity contribution is 0.0320. The number of halogens is 2. The highest BCUT2D eigenvalue weighted by atomic mass is 19.1. The second kappa shape index (κ2) is 9.47. The van der Waals surface area contributed by atoms with Crippen LogP contribution in [0.1, 0.15) is 35.0 Å². The van der Waals surface area contributed by atoms with E-state index in [0.717, 1.165) is 29.1 Å². The van der Waals surface area contributed by atoms with Crippen molar-refractivity contribution in [2.24, 2.45) is 0 Å². The summed E-state index contributed by atoms with van der Waals surface area (Å²) in [5, 5.41) is 19.3. The number of hydrogen-bond acceptors (Lipinski definition) is 5. The molecule has 3 N–H and O–H groups in total. The number of fused-ring (bicyclic) bond motifs is 1. The number of nitrogens with one attached hydrogen (secondary N) is 2. The van der Waals surface area contributed by atoms with Crippen LogP contribution in [-0.2, 0) is 19.5 Å². The lowest BCUT2D eigenvalue weighted by atomic mass is 9.86. The molecule has 1 amide bonds. The third-order valence-electron chi connectivity index (χ3n) is 6.77. The van der Waals surface area contributed by atoms with Crippen LogP contribution in [0, 0.1) is 11.6 Å². The van der Waals surface area contributed by atoms with E-state index in [1.807, 2.05) is 24.4 Å². The molecule has 2 aliphatic rings. The Kier molecular flexibility index (Phi) is 6.25. The van der Waals surface area contributed by atoms with Gasteiger partial charge in [0.05, 0.1) is 24.0 Å². The van der Waals surface area contributed by atoms with Crippen molar-refractivity contribution in [3.8, 4) is 0 Å². The number of nitrogens with zero attached hydrogens (tertiary/aromatic N) is 4. The Morgan fingerprint density at radius 2 is 2.12 bits per heavy atom. The molecule has 34 heavy (non-hydrogen) atoms. The minimum Gasteiger partial charge on any atom is -0.465 e. The molecule has 3 aromatic rings. The second-order valence-corrected chi connectivity index (χ2v) is 8.90. The highest BCUT2D eigenvalue weighted by Gasteiger charge is 2.42. The van der Waals surface area contributed by atoms with E-state index in [0.29, 0.717) is 39.0 Å². The number of benzene rings is 1. The van der Waals surface area contributed by atoms with Crippen LogP contribution < -0.4 is 5.32 Å². The van der Waals surface area contributed by atoms with Crippen LogP contribution in [0.25, 0.3) is 0 Å². The van der Waals surface area contributed by atoms with E-state index in [-0.39, 0.29) is 11.6 Å². The smallest absolute Gasteiger partial charge is 0.404 e. The van der Waals surface area contributed by atoms with Gasteiger partial charge in [-0.05, 0) is 36.8 Å². The van der Waals surface area contributed by atoms with Gasteiger partial charge in [-0.1, -0.05) is 6.07 Å². The van der Waals surface area contributed by atoms with Crippen molar-refractivity contribution in [2.75, 3.05) is 13.1 Å². The summed E-state index contributed by atoms with van der Waals surface area (Å²) in [6.45, 7) is 2.51. The monoisotopic (exact) mass is 468 g/mol. The highest BCUT2D eigenvalue weighted by molar-refractivity contribution is 5.65. The van der Waals surface area contributed by atoms with Gasteiger partial charge in [-0.2, -0.15) is 5.10 Å². The number of rotatable bonds is 6. The van der Waals surface area contributed by atoms with Crippen molar-refractivity contribution in [2.45, 2.75) is 44.1 Å². The molecule has 0 aliphatic carbocycles. The molecular weight excluding hydrogens is 442 g/mol. The molecule has 0 unspecified atom stereocenters. The molecule has 10 heteroatoms. The van der Waals surface area contributed by atoms with E-state index >= 15 is 0 Å². The number of amides is 1. The first-order valence-electron chi connectivity index (χ1n) is 11.3. The summed E-state index contributed by atoms with van der Waals surface area (Å²) in [6.07, 6.45) is 3.43. The number of H-pyrrole nitrogens is 1. The Hall–Kier alpha value is -3.37. The number of aromatic amines is 1. The molecule has 4 heterocycles. The summed E-state index contributed by atoms with van der Waals surface area (Å²) < 4.78 is 29.1. The topological polar surface area (TPSA) is 97.4 Å². The maximum Gasteiger partial charge on any atom is 0.404 e. The summed E-state index contributed by atoms with van der Waals surface area (Å²) >= 11 is 0. The second-order valence-electron chi connectivity index (χ2n) is 8.90. The minimum absolute atomic E-state index is 0.0225. The van der Waals surface area contributed by atoms with Gasteiger partial charge in [0, 0.05) is 61.7 Å². The summed E-state index contributed by atoms with van der Waals surface area (Å²) in [5.74, 6) is -1.10. The van der Waals surface area contributed by atoms with E-state index in [1.165, 1.54) is 6.07 Å². The fourth-order valence-electron chi connectivity index (χ4n) is 5.23. The first-order chi connectivity index (χ1) is 16.5. The number of carbonyl (C=O) groups is 1. The van der Waals surface area contributed by atoms with Gasteiger partial charge >= 0.3 is 6.09 Å². The quantitative estimate of drug-likeness (QED) is 0.515. The summed E-state index contributed by atoms with van der Waals surface area (Å²) in [7, 11) is 0. The Balaban J connectivity index is 1.46. The van der Waals surface area contributed by atoms with E-state index in [4.69, 9.17) is 0 Å². The zero-order chi connectivity index (χ0) is 23.7. The number of pyridine rings is 1. The average molecular weight is 469 g/mol. The minimum atomic E-state index is -1.19. The molecule has 0 bridgehead atoms. The van der Waals surface area contributed by atoms with Gasteiger partial charge in [0.2, 0.25) is 0 Å². The van der Waals surface area contributed by atoms with Crippen molar-refractivity contribution in [3.63, 3.8) is 0 Å². The number of piperidine rings is 1. The largest absolute Gasteiger partial charge is 0.465 e. The maximum atomic E-state index is 14.9. The molecule has 5 rings (SSSR count). The van der Waals surface area contributed by atoms with Crippen molar-refractivity contribution in [1.82, 2.24) is 30.3 Å². The van der Waals surface area contributed by atoms with Crippen LogP contribution in [0.2, 0.25) is 0 Å². The molecule has 0 saturated carbocycles. The van der Waals surface area contributed by atoms with Crippen molar-refractivity contribution < 1.29 is 18.7 Å². The lowest BCUT2D eigenvalue weighted by Gasteiger charge is -2.47. The van der Waals surface area contributed by atoms with Crippen molar-refractivity contribution >= 4 is 6.09 Å². The average Bonchev–Trinajstić information content (AvgIpc) is 3.42. The SMILES string of the molecule is O=C(O)N[C@@H]1C[C@H](N2Cc3cn[nH]c3C2)CN(CCc2ccccn2)[C@H]1c1cc(F)ccc1F. The van der Waals surface area contributed by atoms with Gasteiger partial charge in [-0.15, -0.1) is 0 Å². The van der Waals surface area contributed by atoms with Gasteiger partial charge < -0.3 is 10.4 Å². The Morgan fingerprint density at radius 1 is 1.24 bits per heavy atom. The zero-order valence-corrected chi connectivity index (χ0v) is 18.5. The third kappa shape index (κ3) is 4.64. The van der Waals surface area contributed by atoms with Gasteiger partial charge in [-0.3, -0.25) is 19.9 Å². The van der Waals surface area contributed by atoms with E-state index < -0.39 is 29.8 Å². The van der Waals surface area contributed by atoms with Gasteiger partial charge in [0.1, 0.15) is 11.6 Å². The van der Waals surface area contributed by atoms with E-state index in [9.17, 15) is 18.7 Å². The van der Waals surface area contributed by atoms with Crippen LogP contribution in [0.15, 0.2) is 48.8 Å². The first kappa shape index (κ1) is 22.4. The molecule has 1 fully saturated rings. The highest BCUT2D eigenvalue weighted by Crippen LogP contribution is 2.37. The molecule has 0 radical (unpaired) electrons. The lowest BCUT2D eigenvalue weighted by Crippen LogP contribution is -2.58. The molecule has 8 nitrogen and oxygen atoms in total. The molecule has 0 spiro atoms. The first-order valence-corrected chi connectivity index (χ1v) is 11.3. The van der Waals surface area contributed by atoms with Crippen molar-refractivity contribution in [1.29, 1.82) is 0 Å². The van der Waals surface area contributed by atoms with Gasteiger partial charge in [-0.25, -0.2) is 13.6 Å². The molecule has 1 aromatic carbocycles. The number of hydrogen-bond donors (Lipinski definition) is 3. The van der Waals surface area contributed by atoms with Crippen molar-refractivity contribution in [3.05, 3.63) is 82.9 Å². The molecule has 3 atom stereocenters. The summed E-state index contributed by atoms with van der Waals surface area (Å²) in [5.41, 5.74) is 3.23. The Labute approximate surface area is 195 Å². The summed E-state index contributed by atoms with van der Waals surface area (Å²) in [6, 6.07) is 7.79. The van der Waals surface area contributed by atoms with Crippen LogP contribution in [0.3, 0.4) is 0 Å². The maximum absolute atomic E-state index is 14.9. The number of aromatic nitrogens is 3. The molecule has 178 valence electrons. The normalized spacial score (nSPS) is 23.1. The predicted molar refractivity (Wildman–Crippen MR) is 120 cm³/mol. The predicted octanol–water partition coefficient (Wildman–Crippen LogP) is 3.09. The fraction of sp³-hybridized carbons (Fsp3) is 0.375. The fourth-order valence-corrected chi connectivity index (χ4v) is 5.23. The van der Waals surface area contributed by atoms with Crippen LogP contribution in [0.4, 0.5) is 13.6 Å². The number of carboxylic acid groups (broad SMARTS) is 1. The van der Waals surface area contributed by atoms with E-state index in [1.54, 1.807) is 6.20 Å². The third-order valence-corrected chi connectivity index (χ3v) is 6.77. The van der Waals surface area contributed by atoms with Crippen LogP contribution in [0.5, 0.6) is 0 Å². The van der Waals surface area contributed by atoms with Gasteiger partial charge in [0.25, 0.3) is 0 Å². The van der Waals surface area contributed by atoms with Crippen LogP contribution >= 0.6 is 0 Å². The van der Waals surface area contributed by atoms with Gasteiger partial charge in [0.15, 0.2) is 0 Å². The molecule has 2 aromatic heterocycles. The summed E-state index contributed by atoms with van der Waals surface area (Å²) in [4.78, 5) is 20.4. The molecule has 2 aliphatic heterocycles. The standard InChI is InChI=1S/C24H26F2N6O2/c25-16-4-5-20(26)19(9-16)23-21(29-24(33)34)10-18(32-12-15-11-28-30-22(15)14-32)13-31(23)8-6-17-3-1-2-7-27-17/h1-5,7,9,11,18,21,23,29H,6,8,10,12-14H2,(H,28,30)(H,33,34)/t18-,21+,23-/m0/s1. The zero-order valence-electron chi connectivity index (χ0n) is 18.5. The van der Waals surface area contributed by atoms with E-state index in [2.05, 4.69) is 30.3 Å². The Bertz CT molecular complexity index is 1140. The Morgan fingerprint density at radius 3 is 2.88 bits per heavy atom.